The summed E-state index contributed by atoms with van der Waals surface area (Å²) >= 11 is 0.202. The van der Waals surface area contributed by atoms with Crippen LogP contribution in [0.4, 0.5) is 13.2 Å². The lowest BCUT2D eigenvalue weighted by Gasteiger charge is -2.01. The summed E-state index contributed by atoms with van der Waals surface area (Å²) in [6, 6.07) is 2.26. The summed E-state index contributed by atoms with van der Waals surface area (Å²) in [5.41, 5.74) is -0.562. The standard InChI is InChI=1S/C8H4F3NO2S/c1-14-7(13)5-2-4(3-12)6(15-5)8(9,10)11/h2H,1H3. The third kappa shape index (κ3) is 2.27. The molecule has 0 aromatic carbocycles. The van der Waals surface area contributed by atoms with Crippen molar-refractivity contribution in [1.29, 1.82) is 5.26 Å². The molecule has 0 atom stereocenters. The Balaban J connectivity index is 3.25. The maximum atomic E-state index is 12.3. The van der Waals surface area contributed by atoms with E-state index >= 15 is 0 Å². The van der Waals surface area contributed by atoms with E-state index < -0.39 is 22.6 Å². The van der Waals surface area contributed by atoms with Gasteiger partial charge in [-0.1, -0.05) is 0 Å². The van der Waals surface area contributed by atoms with Gasteiger partial charge < -0.3 is 4.74 Å². The van der Waals surface area contributed by atoms with Crippen molar-refractivity contribution >= 4 is 17.3 Å². The lowest BCUT2D eigenvalue weighted by atomic mass is 10.2. The molecule has 3 nitrogen and oxygen atoms in total. The Morgan fingerprint density at radius 1 is 1.60 bits per heavy atom. The maximum Gasteiger partial charge on any atom is 0.426 e. The van der Waals surface area contributed by atoms with E-state index in [1.807, 2.05) is 0 Å². The SMILES string of the molecule is COC(=O)c1cc(C#N)c(C(F)(F)F)s1. The lowest BCUT2D eigenvalue weighted by molar-refractivity contribution is -0.134. The summed E-state index contributed by atoms with van der Waals surface area (Å²) in [6.07, 6.45) is -4.62. The van der Waals surface area contributed by atoms with Crippen LogP contribution in [0.5, 0.6) is 0 Å². The van der Waals surface area contributed by atoms with E-state index in [2.05, 4.69) is 4.74 Å². The Morgan fingerprint density at radius 2 is 2.20 bits per heavy atom. The van der Waals surface area contributed by atoms with Gasteiger partial charge in [-0.25, -0.2) is 4.79 Å². The Labute approximate surface area is 86.7 Å². The van der Waals surface area contributed by atoms with Gasteiger partial charge in [-0.2, -0.15) is 18.4 Å². The molecule has 0 saturated heterocycles. The van der Waals surface area contributed by atoms with Crippen molar-refractivity contribution in [3.05, 3.63) is 21.4 Å². The smallest absolute Gasteiger partial charge is 0.426 e. The molecule has 1 rings (SSSR count). The molecule has 80 valence electrons. The minimum absolute atomic E-state index is 0.202. The number of hydrogen-bond acceptors (Lipinski definition) is 4. The number of nitriles is 1. The minimum atomic E-state index is -4.62. The molecule has 1 aromatic heterocycles. The molecule has 0 N–H and O–H groups in total. The molecule has 1 aromatic rings. The molecule has 0 spiro atoms. The summed E-state index contributed by atoms with van der Waals surface area (Å²) in [5, 5.41) is 8.45. The third-order valence-electron chi connectivity index (χ3n) is 1.50. The highest BCUT2D eigenvalue weighted by atomic mass is 32.1. The van der Waals surface area contributed by atoms with Crippen LogP contribution >= 0.6 is 11.3 Å². The van der Waals surface area contributed by atoms with Crippen molar-refractivity contribution in [3.63, 3.8) is 0 Å². The molecule has 0 aliphatic heterocycles. The number of ether oxygens (including phenoxy) is 1. The highest BCUT2D eigenvalue weighted by Crippen LogP contribution is 2.37. The van der Waals surface area contributed by atoms with Gasteiger partial charge in [0.05, 0.1) is 12.7 Å². The van der Waals surface area contributed by atoms with Crippen molar-refractivity contribution in [1.82, 2.24) is 0 Å². The molecule has 0 aliphatic carbocycles. The Kier molecular flexibility index (Phi) is 3.00. The van der Waals surface area contributed by atoms with Crippen molar-refractivity contribution < 1.29 is 22.7 Å². The molecule has 15 heavy (non-hydrogen) atoms. The molecule has 1 heterocycles. The van der Waals surface area contributed by atoms with E-state index in [-0.39, 0.29) is 16.2 Å². The second-order valence-electron chi connectivity index (χ2n) is 2.45. The average Bonchev–Trinajstić information content (AvgIpc) is 2.59. The molecule has 0 aliphatic rings. The van der Waals surface area contributed by atoms with Gasteiger partial charge in [-0.05, 0) is 6.07 Å². The highest BCUT2D eigenvalue weighted by Gasteiger charge is 2.37. The van der Waals surface area contributed by atoms with Gasteiger partial charge in [-0.3, -0.25) is 0 Å². The van der Waals surface area contributed by atoms with Crippen LogP contribution in [0.3, 0.4) is 0 Å². The number of thiophene rings is 1. The van der Waals surface area contributed by atoms with Crippen molar-refractivity contribution in [3.8, 4) is 6.07 Å². The third-order valence-corrected chi connectivity index (χ3v) is 2.66. The number of carbonyl (C=O) groups is 1. The summed E-state index contributed by atoms with van der Waals surface area (Å²) in [7, 11) is 1.06. The van der Waals surface area contributed by atoms with Gasteiger partial charge in [-0.15, -0.1) is 11.3 Å². The van der Waals surface area contributed by atoms with E-state index in [1.165, 1.54) is 6.07 Å². The maximum absolute atomic E-state index is 12.3. The minimum Gasteiger partial charge on any atom is -0.465 e. The second kappa shape index (κ2) is 3.90. The molecular formula is C8H4F3NO2S. The molecule has 0 bridgehead atoms. The first-order valence-electron chi connectivity index (χ1n) is 3.59. The largest absolute Gasteiger partial charge is 0.465 e. The van der Waals surface area contributed by atoms with Crippen LogP contribution in [0.25, 0.3) is 0 Å². The zero-order chi connectivity index (χ0) is 11.6. The number of alkyl halides is 3. The number of carbonyl (C=O) groups excluding carboxylic acids is 1. The zero-order valence-electron chi connectivity index (χ0n) is 7.38. The number of methoxy groups -OCH3 is 1. The van der Waals surface area contributed by atoms with Crippen LogP contribution < -0.4 is 0 Å². The molecular weight excluding hydrogens is 231 g/mol. The Hall–Kier alpha value is -1.55. The van der Waals surface area contributed by atoms with Crippen molar-refractivity contribution in [2.75, 3.05) is 7.11 Å². The van der Waals surface area contributed by atoms with Gasteiger partial charge in [0.15, 0.2) is 0 Å². The fraction of sp³-hybridized carbons (Fsp3) is 0.250. The highest BCUT2D eigenvalue weighted by molar-refractivity contribution is 7.14. The zero-order valence-corrected chi connectivity index (χ0v) is 8.20. The van der Waals surface area contributed by atoms with Crippen LogP contribution in [-0.4, -0.2) is 13.1 Å². The first-order valence-corrected chi connectivity index (χ1v) is 4.41. The van der Waals surface area contributed by atoms with Crippen LogP contribution in [0, 0.1) is 11.3 Å². The van der Waals surface area contributed by atoms with Crippen LogP contribution in [0.1, 0.15) is 20.1 Å². The van der Waals surface area contributed by atoms with Gasteiger partial charge in [0.25, 0.3) is 0 Å². The molecule has 0 saturated carbocycles. The monoisotopic (exact) mass is 235 g/mol. The summed E-state index contributed by atoms with van der Waals surface area (Å²) in [4.78, 5) is 9.62. The topological polar surface area (TPSA) is 50.1 Å². The van der Waals surface area contributed by atoms with Crippen molar-refractivity contribution in [2.24, 2.45) is 0 Å². The normalized spacial score (nSPS) is 10.9. The fourth-order valence-electron chi connectivity index (χ4n) is 0.886. The van der Waals surface area contributed by atoms with Crippen molar-refractivity contribution in [2.45, 2.75) is 6.18 Å². The number of hydrogen-bond donors (Lipinski definition) is 0. The van der Waals surface area contributed by atoms with Gasteiger partial charge >= 0.3 is 12.1 Å². The summed E-state index contributed by atoms with van der Waals surface area (Å²) < 4.78 is 41.2. The summed E-state index contributed by atoms with van der Waals surface area (Å²) in [6.45, 7) is 0. The second-order valence-corrected chi connectivity index (χ2v) is 3.51. The first kappa shape index (κ1) is 11.5. The molecule has 0 radical (unpaired) electrons. The molecule has 0 fully saturated rings. The van der Waals surface area contributed by atoms with E-state index in [4.69, 9.17) is 5.26 Å². The van der Waals surface area contributed by atoms with Gasteiger partial charge in [0.1, 0.15) is 15.8 Å². The van der Waals surface area contributed by atoms with E-state index in [9.17, 15) is 18.0 Å². The predicted molar refractivity (Wildman–Crippen MR) is 45.4 cm³/mol. The van der Waals surface area contributed by atoms with E-state index in [0.717, 1.165) is 13.2 Å². The van der Waals surface area contributed by atoms with E-state index in [0.29, 0.717) is 0 Å². The van der Waals surface area contributed by atoms with Crippen LogP contribution in [0.2, 0.25) is 0 Å². The predicted octanol–water partition coefficient (Wildman–Crippen LogP) is 2.43. The number of halogens is 3. The van der Waals surface area contributed by atoms with Gasteiger partial charge in [0.2, 0.25) is 0 Å². The molecule has 0 amide bonds. The number of nitrogens with zero attached hydrogens (tertiary/aromatic N) is 1. The molecule has 0 unspecified atom stereocenters. The van der Waals surface area contributed by atoms with Crippen LogP contribution in [0.15, 0.2) is 6.07 Å². The number of rotatable bonds is 1. The fourth-order valence-corrected chi connectivity index (χ4v) is 1.78. The summed E-state index contributed by atoms with van der Waals surface area (Å²) in [5.74, 6) is -0.882. The molecule has 7 heteroatoms. The van der Waals surface area contributed by atoms with E-state index in [1.54, 1.807) is 0 Å². The average molecular weight is 235 g/mol. The number of esters is 1. The quantitative estimate of drug-likeness (QED) is 0.702. The van der Waals surface area contributed by atoms with Gasteiger partial charge in [0, 0.05) is 0 Å². The first-order chi connectivity index (χ1) is 6.90. The Morgan fingerprint density at radius 3 is 2.53 bits per heavy atom. The Bertz CT molecular complexity index is 430. The van der Waals surface area contributed by atoms with Crippen LogP contribution in [-0.2, 0) is 10.9 Å². The lowest BCUT2D eigenvalue weighted by Crippen LogP contribution is -2.03.